The van der Waals surface area contributed by atoms with Crippen LogP contribution in [0.4, 0.5) is 0 Å². The Morgan fingerprint density at radius 2 is 1.54 bits per heavy atom. The number of carbonyl (C=O) groups excluding carboxylic acids is 1. The molecule has 236 valence electrons. The maximum Gasteiger partial charge on any atom is 0.306 e. The minimum atomic E-state index is -0.711. The Balaban J connectivity index is 1.25. The van der Waals surface area contributed by atoms with Gasteiger partial charge in [-0.1, -0.05) is 79.1 Å². The number of hydrogen-bond acceptors (Lipinski definition) is 4. The molecule has 0 bridgehead atoms. The highest BCUT2D eigenvalue weighted by Gasteiger charge is 2.63. The van der Waals surface area contributed by atoms with Gasteiger partial charge in [0.25, 0.3) is 0 Å². The Kier molecular flexibility index (Phi) is 11.7. The zero-order chi connectivity index (χ0) is 29.6. The molecule has 10 atom stereocenters. The summed E-state index contributed by atoms with van der Waals surface area (Å²) >= 11 is 0. The highest BCUT2D eigenvalue weighted by Crippen LogP contribution is 2.68. The summed E-state index contributed by atoms with van der Waals surface area (Å²) < 4.78 is 6.05. The maximum absolute atomic E-state index is 12.7. The predicted molar refractivity (Wildman–Crippen MR) is 164 cm³/mol. The van der Waals surface area contributed by atoms with E-state index >= 15 is 0 Å². The largest absolute Gasteiger partial charge is 0.481 e. The number of carboxylic acids is 1. The summed E-state index contributed by atoms with van der Waals surface area (Å²) in [6.07, 6.45) is 21.3. The number of ether oxygens (including phenoxy) is 1. The number of carbonyl (C=O) groups is 2. The van der Waals surface area contributed by atoms with Gasteiger partial charge >= 0.3 is 11.9 Å². The number of hydrogen-bond donors (Lipinski definition) is 2. The molecule has 0 amide bonds. The van der Waals surface area contributed by atoms with Gasteiger partial charge in [-0.15, -0.1) is 0 Å². The number of esters is 1. The number of carboxylic acid groups (broad SMARTS) is 1. The van der Waals surface area contributed by atoms with E-state index in [-0.39, 0.29) is 35.4 Å². The second kappa shape index (κ2) is 14.6. The highest BCUT2D eigenvalue weighted by atomic mass is 16.5. The van der Waals surface area contributed by atoms with Crippen molar-refractivity contribution in [3.8, 4) is 0 Å². The first kappa shape index (κ1) is 32.8. The number of rotatable bonds is 15. The number of aliphatic carboxylic acids is 1. The van der Waals surface area contributed by atoms with Crippen molar-refractivity contribution in [1.29, 1.82) is 0 Å². The topological polar surface area (TPSA) is 83.8 Å². The summed E-state index contributed by atoms with van der Waals surface area (Å²) in [5, 5.41) is 21.0. The van der Waals surface area contributed by atoms with E-state index in [4.69, 9.17) is 4.74 Å². The molecule has 4 aliphatic carbocycles. The van der Waals surface area contributed by atoms with Gasteiger partial charge in [-0.25, -0.2) is 0 Å². The molecule has 0 radical (unpaired) electrons. The van der Waals surface area contributed by atoms with Gasteiger partial charge in [0, 0.05) is 12.8 Å². The summed E-state index contributed by atoms with van der Waals surface area (Å²) in [4.78, 5) is 23.9. The molecule has 0 aliphatic heterocycles. The zero-order valence-corrected chi connectivity index (χ0v) is 26.9. The molecular weight excluding hydrogens is 512 g/mol. The number of unbranched alkanes of at least 4 members (excludes halogenated alkanes) is 8. The lowest BCUT2D eigenvalue weighted by molar-refractivity contribution is -0.181. The molecule has 0 saturated heterocycles. The van der Waals surface area contributed by atoms with E-state index in [1.807, 2.05) is 0 Å². The van der Waals surface area contributed by atoms with E-state index in [9.17, 15) is 19.8 Å². The van der Waals surface area contributed by atoms with E-state index in [1.54, 1.807) is 0 Å². The Bertz CT molecular complexity index is 857. The van der Waals surface area contributed by atoms with Crippen LogP contribution in [0.15, 0.2) is 0 Å². The van der Waals surface area contributed by atoms with Gasteiger partial charge in [-0.2, -0.15) is 0 Å². The monoisotopic (exact) mass is 574 g/mol. The molecule has 41 heavy (non-hydrogen) atoms. The maximum atomic E-state index is 12.7. The first-order valence-corrected chi connectivity index (χ1v) is 17.7. The Labute approximate surface area is 251 Å². The van der Waals surface area contributed by atoms with Crippen molar-refractivity contribution in [2.24, 2.45) is 46.3 Å². The summed E-state index contributed by atoms with van der Waals surface area (Å²) in [5.74, 6) is 2.36. The van der Waals surface area contributed by atoms with Crippen molar-refractivity contribution in [3.05, 3.63) is 0 Å². The summed E-state index contributed by atoms with van der Waals surface area (Å²) in [6, 6.07) is 0. The molecule has 0 spiro atoms. The van der Waals surface area contributed by atoms with Gasteiger partial charge in [-0.3, -0.25) is 9.59 Å². The molecule has 0 aromatic carbocycles. The van der Waals surface area contributed by atoms with Gasteiger partial charge in [-0.05, 0) is 111 Å². The molecule has 5 heteroatoms. The van der Waals surface area contributed by atoms with Crippen LogP contribution in [0.5, 0.6) is 0 Å². The molecular formula is C36H62O5. The number of aliphatic hydroxyl groups excluding tert-OH is 1. The number of fused-ring (bicyclic) bond motifs is 5. The minimum Gasteiger partial charge on any atom is -0.481 e. The fourth-order valence-electron chi connectivity index (χ4n) is 10.6. The van der Waals surface area contributed by atoms with E-state index in [1.165, 1.54) is 64.2 Å². The first-order chi connectivity index (χ1) is 19.6. The van der Waals surface area contributed by atoms with Crippen LogP contribution < -0.4 is 0 Å². The smallest absolute Gasteiger partial charge is 0.306 e. The van der Waals surface area contributed by atoms with Crippen molar-refractivity contribution in [3.63, 3.8) is 0 Å². The van der Waals surface area contributed by atoms with E-state index in [2.05, 4.69) is 27.7 Å². The summed E-state index contributed by atoms with van der Waals surface area (Å²) in [7, 11) is 0. The second-order valence-electron chi connectivity index (χ2n) is 15.3. The molecule has 5 nitrogen and oxygen atoms in total. The van der Waals surface area contributed by atoms with Crippen LogP contribution >= 0.6 is 0 Å². The second-order valence-corrected chi connectivity index (χ2v) is 15.3. The first-order valence-electron chi connectivity index (χ1n) is 17.7. The van der Waals surface area contributed by atoms with Crippen LogP contribution in [0, 0.1) is 46.3 Å². The molecule has 4 rings (SSSR count). The number of aliphatic hydroxyl groups is 1. The molecule has 0 aromatic heterocycles. The fourth-order valence-corrected chi connectivity index (χ4v) is 10.6. The normalized spacial score (nSPS) is 38.9. The Morgan fingerprint density at radius 1 is 0.854 bits per heavy atom. The van der Waals surface area contributed by atoms with Gasteiger partial charge in [0.2, 0.25) is 0 Å². The van der Waals surface area contributed by atoms with Crippen molar-refractivity contribution in [1.82, 2.24) is 0 Å². The summed E-state index contributed by atoms with van der Waals surface area (Å²) in [5.41, 5.74) is 0.127. The lowest BCUT2D eigenvalue weighted by Gasteiger charge is -2.62. The van der Waals surface area contributed by atoms with Gasteiger partial charge in [0.1, 0.15) is 6.10 Å². The average molecular weight is 575 g/mol. The van der Waals surface area contributed by atoms with Crippen molar-refractivity contribution in [2.45, 2.75) is 168 Å². The van der Waals surface area contributed by atoms with Crippen molar-refractivity contribution in [2.75, 3.05) is 0 Å². The standard InChI is InChI=1S/C36H62O5/c1-5-6-7-8-9-10-11-12-13-14-34(40)41-27-21-22-35(3)26(23-27)16-17-28-30-19-18-29(25(2)15-20-33(38)39)36(30,4)32(37)24-31(28)35/h25-32,37H,5-24H2,1-4H3,(H,38,39). The van der Waals surface area contributed by atoms with Crippen LogP contribution in [0.3, 0.4) is 0 Å². The lowest BCUT2D eigenvalue weighted by atomic mass is 9.43. The third kappa shape index (κ3) is 7.35. The SMILES string of the molecule is CCCCCCCCCCCC(=O)OC1CCC2(C)C(CCC3C2CC(O)C2(C)C(C(C)CCC(=O)O)CCC32)C1. The van der Waals surface area contributed by atoms with E-state index < -0.39 is 5.97 Å². The molecule has 0 heterocycles. The molecule has 10 unspecified atom stereocenters. The van der Waals surface area contributed by atoms with Gasteiger partial charge in [0.05, 0.1) is 6.10 Å². The van der Waals surface area contributed by atoms with Crippen LogP contribution in [0.2, 0.25) is 0 Å². The Morgan fingerprint density at radius 3 is 2.22 bits per heavy atom. The van der Waals surface area contributed by atoms with E-state index in [0.29, 0.717) is 48.3 Å². The van der Waals surface area contributed by atoms with Crippen LogP contribution in [-0.4, -0.2) is 34.4 Å². The molecule has 4 saturated carbocycles. The van der Waals surface area contributed by atoms with E-state index in [0.717, 1.165) is 44.9 Å². The van der Waals surface area contributed by atoms with Gasteiger partial charge < -0.3 is 14.9 Å². The third-order valence-electron chi connectivity index (χ3n) is 13.1. The summed E-state index contributed by atoms with van der Waals surface area (Å²) in [6.45, 7) is 9.31. The third-order valence-corrected chi connectivity index (χ3v) is 13.1. The zero-order valence-electron chi connectivity index (χ0n) is 26.9. The predicted octanol–water partition coefficient (Wildman–Crippen LogP) is 8.95. The minimum absolute atomic E-state index is 0.00750. The Hall–Kier alpha value is -1.10. The van der Waals surface area contributed by atoms with Gasteiger partial charge in [0.15, 0.2) is 0 Å². The fraction of sp³-hybridized carbons (Fsp3) is 0.944. The quantitative estimate of drug-likeness (QED) is 0.151. The van der Waals surface area contributed by atoms with Crippen molar-refractivity contribution < 1.29 is 24.5 Å². The molecule has 4 aliphatic rings. The van der Waals surface area contributed by atoms with Crippen molar-refractivity contribution >= 4 is 11.9 Å². The van der Waals surface area contributed by atoms with Crippen LogP contribution in [-0.2, 0) is 14.3 Å². The highest BCUT2D eigenvalue weighted by molar-refractivity contribution is 5.69. The molecule has 2 N–H and O–H groups in total. The molecule has 4 fully saturated rings. The molecule has 0 aromatic rings. The van der Waals surface area contributed by atoms with Crippen LogP contribution in [0.25, 0.3) is 0 Å². The lowest BCUT2D eigenvalue weighted by Crippen LogP contribution is -2.59. The average Bonchev–Trinajstić information content (AvgIpc) is 3.30. The van der Waals surface area contributed by atoms with Crippen LogP contribution in [0.1, 0.15) is 156 Å².